The molecule has 1 aromatic heterocycles. The van der Waals surface area contributed by atoms with Gasteiger partial charge in [-0.1, -0.05) is 12.1 Å². The molecule has 3 rings (SSSR count). The molecular weight excluding hydrogens is 343 g/mol. The van der Waals surface area contributed by atoms with Gasteiger partial charge in [-0.15, -0.1) is 0 Å². The predicted molar refractivity (Wildman–Crippen MR) is 92.3 cm³/mol. The van der Waals surface area contributed by atoms with Crippen molar-refractivity contribution in [2.24, 2.45) is 0 Å². The maximum Gasteiger partial charge on any atom is 0.271 e. The summed E-state index contributed by atoms with van der Waals surface area (Å²) in [7, 11) is 0. The Morgan fingerprint density at radius 1 is 1.27 bits per heavy atom. The van der Waals surface area contributed by atoms with E-state index in [9.17, 15) is 24.1 Å². The van der Waals surface area contributed by atoms with Gasteiger partial charge in [0, 0.05) is 25.1 Å². The summed E-state index contributed by atoms with van der Waals surface area (Å²) in [6, 6.07) is 9.68. The number of aromatic nitrogens is 2. The molecule has 3 aromatic rings. The molecule has 0 saturated heterocycles. The quantitative estimate of drug-likeness (QED) is 0.558. The number of halogens is 1. The highest BCUT2D eigenvalue weighted by molar-refractivity contribution is 5.91. The van der Waals surface area contributed by atoms with Crippen LogP contribution in [0.25, 0.3) is 10.9 Å². The maximum atomic E-state index is 13.7. The van der Waals surface area contributed by atoms with Crippen LogP contribution in [-0.2, 0) is 11.3 Å². The molecule has 26 heavy (non-hydrogen) atoms. The van der Waals surface area contributed by atoms with Crippen molar-refractivity contribution in [2.45, 2.75) is 13.0 Å². The lowest BCUT2D eigenvalue weighted by Crippen LogP contribution is -2.23. The van der Waals surface area contributed by atoms with Crippen molar-refractivity contribution in [1.29, 1.82) is 0 Å². The predicted octanol–water partition coefficient (Wildman–Crippen LogP) is 2.47. The highest BCUT2D eigenvalue weighted by Crippen LogP contribution is 2.21. The first kappa shape index (κ1) is 17.2. The van der Waals surface area contributed by atoms with Gasteiger partial charge in [0.05, 0.1) is 27.8 Å². The second-order valence-electron chi connectivity index (χ2n) is 5.48. The number of aryl methyl sites for hydroxylation is 1. The van der Waals surface area contributed by atoms with Gasteiger partial charge in [-0.3, -0.25) is 24.3 Å². The Kier molecular flexibility index (Phi) is 4.70. The summed E-state index contributed by atoms with van der Waals surface area (Å²) in [5.74, 6) is -1.36. The molecule has 2 aromatic carbocycles. The van der Waals surface area contributed by atoms with Crippen LogP contribution < -0.4 is 10.9 Å². The number of rotatable bonds is 5. The summed E-state index contributed by atoms with van der Waals surface area (Å²) in [6.45, 7) is 0.0407. The Hall–Kier alpha value is -3.62. The number of carbonyl (C=O) groups excluding carboxylic acids is 1. The molecule has 0 unspecified atom stereocenters. The lowest BCUT2D eigenvalue weighted by atomic mass is 10.2. The standard InChI is InChI=1S/C17H13FN4O4/c18-13-6-5-11(22(25)26)9-15(13)20-16(23)7-8-21-10-19-14-4-2-1-3-12(14)17(21)24/h1-6,9-10H,7-8H2,(H,20,23). The zero-order chi connectivity index (χ0) is 18.7. The molecule has 0 bridgehead atoms. The van der Waals surface area contributed by atoms with Crippen molar-refractivity contribution >= 4 is 28.2 Å². The number of nitro benzene ring substituents is 1. The molecule has 132 valence electrons. The van der Waals surface area contributed by atoms with E-state index in [4.69, 9.17) is 0 Å². The largest absolute Gasteiger partial charge is 0.323 e. The first-order chi connectivity index (χ1) is 12.5. The van der Waals surface area contributed by atoms with Crippen LogP contribution in [0.2, 0.25) is 0 Å². The molecule has 0 aliphatic heterocycles. The molecule has 1 heterocycles. The minimum atomic E-state index is -0.784. The number of carbonyl (C=O) groups is 1. The molecule has 9 heteroatoms. The van der Waals surface area contributed by atoms with E-state index < -0.39 is 16.6 Å². The van der Waals surface area contributed by atoms with Crippen molar-refractivity contribution in [3.8, 4) is 0 Å². The molecule has 0 saturated carbocycles. The van der Waals surface area contributed by atoms with Gasteiger partial charge >= 0.3 is 0 Å². The van der Waals surface area contributed by atoms with Crippen LogP contribution in [0, 0.1) is 15.9 Å². The SMILES string of the molecule is O=C(CCn1cnc2ccccc2c1=O)Nc1cc([N+](=O)[O-])ccc1F. The zero-order valence-electron chi connectivity index (χ0n) is 13.4. The van der Waals surface area contributed by atoms with Crippen molar-refractivity contribution in [3.05, 3.63) is 75.1 Å². The highest BCUT2D eigenvalue weighted by atomic mass is 19.1. The van der Waals surface area contributed by atoms with Gasteiger partial charge in [-0.2, -0.15) is 0 Å². The van der Waals surface area contributed by atoms with E-state index in [0.717, 1.165) is 18.2 Å². The van der Waals surface area contributed by atoms with E-state index in [1.807, 2.05) is 0 Å². The number of hydrogen-bond donors (Lipinski definition) is 1. The Morgan fingerprint density at radius 3 is 2.81 bits per heavy atom. The number of amides is 1. The maximum absolute atomic E-state index is 13.7. The summed E-state index contributed by atoms with van der Waals surface area (Å²) in [5, 5.41) is 13.4. The number of benzene rings is 2. The second-order valence-corrected chi connectivity index (χ2v) is 5.48. The third kappa shape index (κ3) is 3.56. The molecule has 0 fully saturated rings. The van der Waals surface area contributed by atoms with Crippen molar-refractivity contribution in [2.75, 3.05) is 5.32 Å². The number of nitrogens with zero attached hydrogens (tertiary/aromatic N) is 3. The number of fused-ring (bicyclic) bond motifs is 1. The first-order valence-corrected chi connectivity index (χ1v) is 7.63. The van der Waals surface area contributed by atoms with Gasteiger partial charge in [0.1, 0.15) is 5.82 Å². The fourth-order valence-electron chi connectivity index (χ4n) is 2.42. The molecule has 0 spiro atoms. The lowest BCUT2D eigenvalue weighted by molar-refractivity contribution is -0.384. The molecule has 1 amide bonds. The zero-order valence-corrected chi connectivity index (χ0v) is 13.4. The minimum absolute atomic E-state index is 0.0407. The Morgan fingerprint density at radius 2 is 2.04 bits per heavy atom. The van der Waals surface area contributed by atoms with Crippen molar-refractivity contribution in [1.82, 2.24) is 9.55 Å². The van der Waals surface area contributed by atoms with Crippen LogP contribution in [-0.4, -0.2) is 20.4 Å². The van der Waals surface area contributed by atoms with Gasteiger partial charge in [-0.25, -0.2) is 9.37 Å². The number of hydrogen-bond acceptors (Lipinski definition) is 5. The first-order valence-electron chi connectivity index (χ1n) is 7.63. The molecule has 0 aliphatic carbocycles. The molecular formula is C17H13FN4O4. The van der Waals surface area contributed by atoms with Gasteiger partial charge in [0.2, 0.25) is 5.91 Å². The molecule has 0 radical (unpaired) electrons. The number of nitrogens with one attached hydrogen (secondary N) is 1. The average molecular weight is 356 g/mol. The average Bonchev–Trinajstić information content (AvgIpc) is 2.63. The summed E-state index contributed by atoms with van der Waals surface area (Å²) < 4.78 is 15.0. The van der Waals surface area contributed by atoms with E-state index >= 15 is 0 Å². The van der Waals surface area contributed by atoms with Crippen LogP contribution >= 0.6 is 0 Å². The fourth-order valence-corrected chi connectivity index (χ4v) is 2.42. The van der Waals surface area contributed by atoms with E-state index in [1.54, 1.807) is 24.3 Å². The van der Waals surface area contributed by atoms with E-state index in [0.29, 0.717) is 10.9 Å². The van der Waals surface area contributed by atoms with E-state index in [1.165, 1.54) is 10.9 Å². The number of anilines is 1. The van der Waals surface area contributed by atoms with Crippen molar-refractivity contribution < 1.29 is 14.1 Å². The van der Waals surface area contributed by atoms with E-state index in [-0.39, 0.29) is 29.9 Å². The normalized spacial score (nSPS) is 10.7. The molecule has 0 aliphatic rings. The third-order valence-electron chi connectivity index (χ3n) is 3.75. The highest BCUT2D eigenvalue weighted by Gasteiger charge is 2.13. The van der Waals surface area contributed by atoms with E-state index in [2.05, 4.69) is 10.3 Å². The van der Waals surface area contributed by atoms with Crippen LogP contribution in [0.15, 0.2) is 53.6 Å². The van der Waals surface area contributed by atoms with Crippen LogP contribution in [0.5, 0.6) is 0 Å². The summed E-state index contributed by atoms with van der Waals surface area (Å²) in [5.41, 5.74) is -0.355. The molecule has 8 nitrogen and oxygen atoms in total. The smallest absolute Gasteiger partial charge is 0.271 e. The van der Waals surface area contributed by atoms with Crippen LogP contribution in [0.3, 0.4) is 0 Å². The number of nitro groups is 1. The molecule has 0 atom stereocenters. The summed E-state index contributed by atoms with van der Waals surface area (Å²) in [6.07, 6.45) is 1.22. The lowest BCUT2D eigenvalue weighted by Gasteiger charge is -2.08. The number of non-ortho nitro benzene ring substituents is 1. The van der Waals surface area contributed by atoms with Gasteiger partial charge < -0.3 is 5.32 Å². The summed E-state index contributed by atoms with van der Waals surface area (Å²) in [4.78, 5) is 38.5. The second kappa shape index (κ2) is 7.09. The van der Waals surface area contributed by atoms with Gasteiger partial charge in [-0.05, 0) is 18.2 Å². The topological polar surface area (TPSA) is 107 Å². The summed E-state index contributed by atoms with van der Waals surface area (Å²) >= 11 is 0. The van der Waals surface area contributed by atoms with Crippen LogP contribution in [0.4, 0.5) is 15.8 Å². The Bertz CT molecular complexity index is 1060. The fraction of sp³-hybridized carbons (Fsp3) is 0.118. The minimum Gasteiger partial charge on any atom is -0.323 e. The van der Waals surface area contributed by atoms with Crippen LogP contribution in [0.1, 0.15) is 6.42 Å². The van der Waals surface area contributed by atoms with Gasteiger partial charge in [0.25, 0.3) is 11.2 Å². The third-order valence-corrected chi connectivity index (χ3v) is 3.75. The Labute approximate surface area is 146 Å². The van der Waals surface area contributed by atoms with Crippen molar-refractivity contribution in [3.63, 3.8) is 0 Å². The molecule has 1 N–H and O–H groups in total. The van der Waals surface area contributed by atoms with Gasteiger partial charge in [0.15, 0.2) is 0 Å². The Balaban J connectivity index is 1.72. The number of para-hydroxylation sites is 1. The monoisotopic (exact) mass is 356 g/mol.